The largest absolute Gasteiger partial charge is 0.482 e. The maximum absolute atomic E-state index is 13.6. The zero-order valence-corrected chi connectivity index (χ0v) is 20.5. The van der Waals surface area contributed by atoms with E-state index in [-0.39, 0.29) is 47.6 Å². The van der Waals surface area contributed by atoms with Crippen molar-refractivity contribution in [3.8, 4) is 17.4 Å². The number of amides is 1. The summed E-state index contributed by atoms with van der Waals surface area (Å²) in [5.74, 6) is -5.01. The van der Waals surface area contributed by atoms with Crippen LogP contribution in [0, 0.1) is 12.7 Å². The number of pyridine rings is 2. The van der Waals surface area contributed by atoms with Crippen molar-refractivity contribution < 1.29 is 35.9 Å². The topological polar surface area (TPSA) is 125 Å². The van der Waals surface area contributed by atoms with Crippen LogP contribution in [-0.2, 0) is 9.84 Å². The van der Waals surface area contributed by atoms with Crippen molar-refractivity contribution in [2.75, 3.05) is 18.1 Å². The molecule has 14 heteroatoms. The Bertz CT molecular complexity index is 1410. The van der Waals surface area contributed by atoms with Gasteiger partial charge in [-0.2, -0.15) is 0 Å². The molecule has 1 saturated heterocycles. The highest BCUT2D eigenvalue weighted by Crippen LogP contribution is 2.32. The van der Waals surface area contributed by atoms with Crippen LogP contribution in [0.5, 0.6) is 17.4 Å². The van der Waals surface area contributed by atoms with Crippen molar-refractivity contribution in [3.05, 3.63) is 41.7 Å². The van der Waals surface area contributed by atoms with Crippen LogP contribution in [0.2, 0.25) is 0 Å². The first kappa shape index (κ1) is 25.7. The molecule has 3 aromatic heterocycles. The van der Waals surface area contributed by atoms with E-state index in [9.17, 15) is 26.4 Å². The highest BCUT2D eigenvalue weighted by Gasteiger charge is 2.35. The van der Waals surface area contributed by atoms with Gasteiger partial charge in [-0.15, -0.1) is 5.10 Å². The summed E-state index contributed by atoms with van der Waals surface area (Å²) in [5.41, 5.74) is 0.0193. The molecule has 0 atom stereocenters. The van der Waals surface area contributed by atoms with Gasteiger partial charge in [-0.25, -0.2) is 36.1 Å². The number of alkyl halides is 2. The van der Waals surface area contributed by atoms with Crippen LogP contribution >= 0.6 is 0 Å². The van der Waals surface area contributed by atoms with Crippen molar-refractivity contribution >= 4 is 21.4 Å². The van der Waals surface area contributed by atoms with Crippen LogP contribution in [0.3, 0.4) is 0 Å². The molecule has 0 saturated carbocycles. The van der Waals surface area contributed by atoms with Gasteiger partial charge >= 0.3 is 0 Å². The Morgan fingerprint density at radius 3 is 2.61 bits per heavy atom. The van der Waals surface area contributed by atoms with Gasteiger partial charge in [0.25, 0.3) is 17.7 Å². The van der Waals surface area contributed by atoms with Crippen molar-refractivity contribution in [2.24, 2.45) is 0 Å². The maximum Gasteiger partial charge on any atom is 0.291 e. The van der Waals surface area contributed by atoms with E-state index in [1.165, 1.54) is 16.6 Å². The van der Waals surface area contributed by atoms with Gasteiger partial charge in [0.2, 0.25) is 5.82 Å². The van der Waals surface area contributed by atoms with Gasteiger partial charge in [0.1, 0.15) is 15.7 Å². The predicted octanol–water partition coefficient (Wildman–Crippen LogP) is 3.10. The van der Waals surface area contributed by atoms with Gasteiger partial charge in [-0.3, -0.25) is 4.79 Å². The number of hydrogen-bond donors (Lipinski definition) is 1. The van der Waals surface area contributed by atoms with Crippen LogP contribution in [0.4, 0.5) is 13.2 Å². The number of nitrogens with zero attached hydrogens (tertiary/aromatic N) is 4. The van der Waals surface area contributed by atoms with Crippen molar-refractivity contribution in [1.29, 1.82) is 0 Å². The van der Waals surface area contributed by atoms with E-state index in [1.54, 1.807) is 13.8 Å². The normalized spacial score (nSPS) is 17.1. The summed E-state index contributed by atoms with van der Waals surface area (Å²) in [7, 11) is -3.10. The molecule has 0 bridgehead atoms. The van der Waals surface area contributed by atoms with E-state index in [4.69, 9.17) is 9.47 Å². The summed E-state index contributed by atoms with van der Waals surface area (Å²) in [6, 6.07) is 3.92. The highest BCUT2D eigenvalue weighted by molar-refractivity contribution is 7.91. The van der Waals surface area contributed by atoms with Crippen LogP contribution in [0.1, 0.15) is 43.0 Å². The molecule has 3 aromatic rings. The molecular formula is C22H24F3N5O5S. The third-order valence-electron chi connectivity index (χ3n) is 5.71. The summed E-state index contributed by atoms with van der Waals surface area (Å²) in [5, 5.41) is 7.06. The fourth-order valence-electron chi connectivity index (χ4n) is 3.60. The van der Waals surface area contributed by atoms with Crippen LogP contribution in [-0.4, -0.2) is 63.5 Å². The molecule has 10 nitrogen and oxygen atoms in total. The molecular weight excluding hydrogens is 503 g/mol. The minimum atomic E-state index is -3.15. The number of hydrogen-bond acceptors (Lipinski definition) is 8. The number of rotatable bonds is 7. The molecule has 1 N–H and O–H groups in total. The van der Waals surface area contributed by atoms with Crippen LogP contribution in [0.15, 0.2) is 24.4 Å². The molecule has 0 radical (unpaired) electrons. The Kier molecular flexibility index (Phi) is 6.58. The molecule has 4 heterocycles. The van der Waals surface area contributed by atoms with E-state index < -0.39 is 39.6 Å². The number of fused-ring (bicyclic) bond motifs is 1. The number of nitrogens with one attached hydrogen (secondary N) is 1. The van der Waals surface area contributed by atoms with Crippen molar-refractivity contribution in [2.45, 2.75) is 45.1 Å². The lowest BCUT2D eigenvalue weighted by Crippen LogP contribution is -2.51. The molecule has 36 heavy (non-hydrogen) atoms. The number of ether oxygens (including phenoxy) is 2. The Labute approximate surface area is 204 Å². The fraction of sp³-hybridized carbons (Fsp3) is 0.455. The summed E-state index contributed by atoms with van der Waals surface area (Å²) >= 11 is 0. The quantitative estimate of drug-likeness (QED) is 0.497. The van der Waals surface area contributed by atoms with Crippen LogP contribution < -0.4 is 14.8 Å². The van der Waals surface area contributed by atoms with Crippen molar-refractivity contribution in [1.82, 2.24) is 24.9 Å². The second-order valence-electron chi connectivity index (χ2n) is 9.07. The number of carbonyl (C=O) groups is 1. The molecule has 0 aliphatic carbocycles. The number of halogens is 3. The second kappa shape index (κ2) is 9.22. The minimum absolute atomic E-state index is 0.0127. The fourth-order valence-corrected chi connectivity index (χ4v) is 5.33. The molecule has 4 rings (SSSR count). The van der Waals surface area contributed by atoms with E-state index in [2.05, 4.69) is 20.4 Å². The minimum Gasteiger partial charge on any atom is -0.482 e. The summed E-state index contributed by atoms with van der Waals surface area (Å²) in [6.45, 7) is 3.05. The van der Waals surface area contributed by atoms with Gasteiger partial charge in [-0.1, -0.05) is 0 Å². The Hall–Kier alpha value is -3.42. The molecule has 0 spiro atoms. The van der Waals surface area contributed by atoms with Gasteiger partial charge in [0.05, 0.1) is 23.4 Å². The first-order chi connectivity index (χ1) is 16.7. The number of aryl methyl sites for hydroxylation is 1. The lowest BCUT2D eigenvalue weighted by Gasteiger charge is -2.33. The SMILES string of the molecule is Cc1c(Oc2ncc(F)cc2OCC(C)(F)F)ccc2nc(C(=O)NC3(C)CCS(=O)(=O)CC3)nn12. The third-order valence-corrected chi connectivity index (χ3v) is 7.36. The monoisotopic (exact) mass is 527 g/mol. The Morgan fingerprint density at radius 2 is 1.94 bits per heavy atom. The highest BCUT2D eigenvalue weighted by atomic mass is 32.2. The molecule has 194 valence electrons. The lowest BCUT2D eigenvalue weighted by molar-refractivity contribution is -0.0236. The second-order valence-corrected chi connectivity index (χ2v) is 11.4. The summed E-state index contributed by atoms with van der Waals surface area (Å²) < 4.78 is 75.6. The first-order valence-electron chi connectivity index (χ1n) is 11.0. The van der Waals surface area contributed by atoms with Crippen molar-refractivity contribution in [3.63, 3.8) is 0 Å². The zero-order chi connectivity index (χ0) is 26.3. The average molecular weight is 528 g/mol. The average Bonchev–Trinajstić information content (AvgIpc) is 3.23. The number of sulfone groups is 1. The van der Waals surface area contributed by atoms with Gasteiger partial charge in [0.15, 0.2) is 23.8 Å². The Morgan fingerprint density at radius 1 is 1.25 bits per heavy atom. The smallest absolute Gasteiger partial charge is 0.291 e. The third kappa shape index (κ3) is 5.86. The molecule has 0 unspecified atom stereocenters. The van der Waals surface area contributed by atoms with E-state index in [1.807, 2.05) is 0 Å². The number of carbonyl (C=O) groups excluding carboxylic acids is 1. The Balaban J connectivity index is 1.55. The van der Waals surface area contributed by atoms with E-state index in [0.717, 1.165) is 12.3 Å². The molecule has 1 amide bonds. The standard InChI is InChI=1S/C22H24F3N5O5S/c1-13-15(35-20-16(10-14(23)11-26-20)34-12-22(3,24)25)4-5-17-27-18(29-30(13)17)19(31)28-21(2)6-8-36(32,33)9-7-21/h4-5,10-11H,6-9,12H2,1-3H3,(H,28,31). The molecule has 1 aliphatic heterocycles. The van der Waals surface area contributed by atoms with Gasteiger partial charge < -0.3 is 14.8 Å². The van der Waals surface area contributed by atoms with Gasteiger partial charge in [-0.05, 0) is 38.8 Å². The van der Waals surface area contributed by atoms with E-state index in [0.29, 0.717) is 18.3 Å². The first-order valence-corrected chi connectivity index (χ1v) is 12.8. The van der Waals surface area contributed by atoms with Gasteiger partial charge in [0, 0.05) is 18.5 Å². The molecule has 1 fully saturated rings. The lowest BCUT2D eigenvalue weighted by atomic mass is 9.95. The predicted molar refractivity (Wildman–Crippen MR) is 122 cm³/mol. The summed E-state index contributed by atoms with van der Waals surface area (Å²) in [4.78, 5) is 20.8. The summed E-state index contributed by atoms with van der Waals surface area (Å²) in [6.07, 6.45) is 1.42. The molecule has 0 aromatic carbocycles. The van der Waals surface area contributed by atoms with E-state index >= 15 is 0 Å². The van der Waals surface area contributed by atoms with Crippen LogP contribution in [0.25, 0.3) is 5.65 Å². The number of aromatic nitrogens is 4. The maximum atomic E-state index is 13.6. The molecule has 1 aliphatic rings. The zero-order valence-electron chi connectivity index (χ0n) is 19.7.